The van der Waals surface area contributed by atoms with E-state index >= 15 is 0 Å². The van der Waals surface area contributed by atoms with Crippen LogP contribution in [0.1, 0.15) is 26.7 Å². The van der Waals surface area contributed by atoms with Crippen LogP contribution in [-0.2, 0) is 9.53 Å². The van der Waals surface area contributed by atoms with Crippen molar-refractivity contribution < 1.29 is 9.53 Å². The molecule has 2 heteroatoms. The minimum absolute atomic E-state index is 0.0533. The van der Waals surface area contributed by atoms with Crippen molar-refractivity contribution in [2.24, 2.45) is 5.92 Å². The zero-order chi connectivity index (χ0) is 7.56. The molecule has 0 N–H and O–H groups in total. The molecule has 0 aromatic heterocycles. The highest BCUT2D eigenvalue weighted by atomic mass is 16.5. The molecule has 1 unspecified atom stereocenters. The van der Waals surface area contributed by atoms with Crippen molar-refractivity contribution in [2.75, 3.05) is 6.61 Å². The molecular formula is C8H14O2. The van der Waals surface area contributed by atoms with Crippen molar-refractivity contribution in [2.45, 2.75) is 32.8 Å². The molecule has 0 amide bonds. The maximum Gasteiger partial charge on any atom is 0.161 e. The Hall–Kier alpha value is -0.370. The van der Waals surface area contributed by atoms with Gasteiger partial charge in [0.25, 0.3) is 0 Å². The van der Waals surface area contributed by atoms with Crippen LogP contribution in [0.2, 0.25) is 0 Å². The summed E-state index contributed by atoms with van der Waals surface area (Å²) in [7, 11) is 0. The standard InChI is InChI=1S/C8H14O2/c1-6(2)5-7(9)8-3-4-10-8/h6,8H,3-5H2,1-2H3. The number of carbonyl (C=O) groups excluding carboxylic acids is 1. The maximum absolute atomic E-state index is 11.1. The van der Waals surface area contributed by atoms with Gasteiger partial charge in [-0.25, -0.2) is 0 Å². The lowest BCUT2D eigenvalue weighted by Gasteiger charge is -2.25. The summed E-state index contributed by atoms with van der Waals surface area (Å²) in [5.41, 5.74) is 0. The largest absolute Gasteiger partial charge is 0.370 e. The topological polar surface area (TPSA) is 26.3 Å². The van der Waals surface area contributed by atoms with Crippen LogP contribution >= 0.6 is 0 Å². The smallest absolute Gasteiger partial charge is 0.161 e. The molecule has 0 radical (unpaired) electrons. The third-order valence-electron chi connectivity index (χ3n) is 1.67. The second-order valence-corrected chi connectivity index (χ2v) is 3.21. The first kappa shape index (κ1) is 7.73. The zero-order valence-corrected chi connectivity index (χ0v) is 6.59. The average Bonchev–Trinajstić information content (AvgIpc) is 1.55. The molecule has 1 rings (SSSR count). The quantitative estimate of drug-likeness (QED) is 0.595. The van der Waals surface area contributed by atoms with E-state index in [4.69, 9.17) is 4.74 Å². The van der Waals surface area contributed by atoms with E-state index in [1.165, 1.54) is 0 Å². The molecule has 10 heavy (non-hydrogen) atoms. The Labute approximate surface area is 61.6 Å². The number of ketones is 1. The van der Waals surface area contributed by atoms with Gasteiger partial charge >= 0.3 is 0 Å². The summed E-state index contributed by atoms with van der Waals surface area (Å²) in [4.78, 5) is 11.1. The fourth-order valence-electron chi connectivity index (χ4n) is 1.02. The summed E-state index contributed by atoms with van der Waals surface area (Å²) in [6, 6.07) is 0. The fourth-order valence-corrected chi connectivity index (χ4v) is 1.02. The van der Waals surface area contributed by atoms with Crippen LogP contribution in [0.4, 0.5) is 0 Å². The van der Waals surface area contributed by atoms with Crippen LogP contribution in [0.15, 0.2) is 0 Å². The normalized spacial score (nSPS) is 24.5. The molecule has 0 aromatic carbocycles. The summed E-state index contributed by atoms with van der Waals surface area (Å²) in [5.74, 6) is 0.748. The first-order valence-corrected chi connectivity index (χ1v) is 3.84. The summed E-state index contributed by atoms with van der Waals surface area (Å²) < 4.78 is 5.04. The van der Waals surface area contributed by atoms with E-state index in [9.17, 15) is 4.79 Å². The lowest BCUT2D eigenvalue weighted by Crippen LogP contribution is -2.35. The molecule has 0 aliphatic carbocycles. The Morgan fingerprint density at radius 3 is 2.60 bits per heavy atom. The molecule has 1 aliphatic rings. The van der Waals surface area contributed by atoms with Crippen LogP contribution in [0, 0.1) is 5.92 Å². The summed E-state index contributed by atoms with van der Waals surface area (Å²) in [6.07, 6.45) is 1.55. The molecule has 0 saturated carbocycles. The van der Waals surface area contributed by atoms with Crippen LogP contribution < -0.4 is 0 Å². The van der Waals surface area contributed by atoms with E-state index in [0.717, 1.165) is 13.0 Å². The molecular weight excluding hydrogens is 128 g/mol. The number of ether oxygens (including phenoxy) is 1. The van der Waals surface area contributed by atoms with E-state index in [1.807, 2.05) is 0 Å². The van der Waals surface area contributed by atoms with Crippen molar-refractivity contribution in [3.8, 4) is 0 Å². The second-order valence-electron chi connectivity index (χ2n) is 3.21. The molecule has 1 aliphatic heterocycles. The van der Waals surface area contributed by atoms with Gasteiger partial charge in [-0.3, -0.25) is 4.79 Å². The van der Waals surface area contributed by atoms with E-state index in [2.05, 4.69) is 13.8 Å². The van der Waals surface area contributed by atoms with Gasteiger partial charge in [-0.15, -0.1) is 0 Å². The van der Waals surface area contributed by atoms with E-state index in [0.29, 0.717) is 12.3 Å². The molecule has 0 bridgehead atoms. The fraction of sp³-hybridized carbons (Fsp3) is 0.875. The van der Waals surface area contributed by atoms with E-state index < -0.39 is 0 Å². The number of carbonyl (C=O) groups is 1. The van der Waals surface area contributed by atoms with E-state index in [-0.39, 0.29) is 11.9 Å². The molecule has 0 aromatic rings. The van der Waals surface area contributed by atoms with Gasteiger partial charge in [0.2, 0.25) is 0 Å². The van der Waals surface area contributed by atoms with Crippen molar-refractivity contribution in [3.05, 3.63) is 0 Å². The number of rotatable bonds is 3. The van der Waals surface area contributed by atoms with Gasteiger partial charge in [0.15, 0.2) is 5.78 Å². The predicted molar refractivity (Wildman–Crippen MR) is 38.8 cm³/mol. The highest BCUT2D eigenvalue weighted by Gasteiger charge is 2.25. The van der Waals surface area contributed by atoms with Crippen LogP contribution in [0.25, 0.3) is 0 Å². The highest BCUT2D eigenvalue weighted by molar-refractivity contribution is 5.83. The first-order valence-electron chi connectivity index (χ1n) is 3.84. The molecule has 1 saturated heterocycles. The molecule has 2 nitrogen and oxygen atoms in total. The Morgan fingerprint density at radius 2 is 2.30 bits per heavy atom. The second kappa shape index (κ2) is 3.15. The van der Waals surface area contributed by atoms with Crippen LogP contribution in [0.3, 0.4) is 0 Å². The highest BCUT2D eigenvalue weighted by Crippen LogP contribution is 2.15. The zero-order valence-electron chi connectivity index (χ0n) is 6.59. The lowest BCUT2D eigenvalue weighted by molar-refractivity contribution is -0.143. The van der Waals surface area contributed by atoms with Crippen molar-refractivity contribution in [3.63, 3.8) is 0 Å². The van der Waals surface area contributed by atoms with E-state index in [1.54, 1.807) is 0 Å². The Kier molecular flexibility index (Phi) is 2.44. The Bertz CT molecular complexity index is 125. The van der Waals surface area contributed by atoms with Gasteiger partial charge in [-0.2, -0.15) is 0 Å². The van der Waals surface area contributed by atoms with Gasteiger partial charge in [-0.05, 0) is 5.92 Å². The lowest BCUT2D eigenvalue weighted by atomic mass is 10.00. The number of hydrogen-bond donors (Lipinski definition) is 0. The SMILES string of the molecule is CC(C)CC(=O)C1CCO1. The minimum atomic E-state index is -0.0533. The Morgan fingerprint density at radius 1 is 1.70 bits per heavy atom. The van der Waals surface area contributed by atoms with Gasteiger partial charge in [0.05, 0.1) is 6.61 Å². The average molecular weight is 142 g/mol. The molecule has 1 heterocycles. The first-order chi connectivity index (χ1) is 4.70. The predicted octanol–water partition coefficient (Wildman–Crippen LogP) is 1.39. The van der Waals surface area contributed by atoms with Gasteiger partial charge in [-0.1, -0.05) is 13.8 Å². The van der Waals surface area contributed by atoms with Crippen molar-refractivity contribution in [1.29, 1.82) is 0 Å². The maximum atomic E-state index is 11.1. The van der Waals surface area contributed by atoms with Gasteiger partial charge in [0, 0.05) is 12.8 Å². The Balaban J connectivity index is 2.20. The number of hydrogen-bond acceptors (Lipinski definition) is 2. The summed E-state index contributed by atoms with van der Waals surface area (Å²) in [6.45, 7) is 4.88. The third kappa shape index (κ3) is 1.81. The molecule has 1 fully saturated rings. The monoisotopic (exact) mass is 142 g/mol. The summed E-state index contributed by atoms with van der Waals surface area (Å²) in [5, 5.41) is 0. The van der Waals surface area contributed by atoms with Crippen molar-refractivity contribution in [1.82, 2.24) is 0 Å². The van der Waals surface area contributed by atoms with Gasteiger partial charge in [0.1, 0.15) is 6.10 Å². The van der Waals surface area contributed by atoms with Crippen molar-refractivity contribution >= 4 is 5.78 Å². The van der Waals surface area contributed by atoms with Crippen LogP contribution in [-0.4, -0.2) is 18.5 Å². The third-order valence-corrected chi connectivity index (χ3v) is 1.67. The minimum Gasteiger partial charge on any atom is -0.370 e. The summed E-state index contributed by atoms with van der Waals surface area (Å²) >= 11 is 0. The van der Waals surface area contributed by atoms with Crippen LogP contribution in [0.5, 0.6) is 0 Å². The number of Topliss-reactive ketones (excluding diaryl/α,β-unsaturated/α-hetero) is 1. The molecule has 0 spiro atoms. The molecule has 58 valence electrons. The molecule has 1 atom stereocenters. The van der Waals surface area contributed by atoms with Gasteiger partial charge < -0.3 is 4.74 Å².